The molecule has 0 radical (unpaired) electrons. The molecule has 6 heteroatoms. The van der Waals surface area contributed by atoms with E-state index in [1.54, 1.807) is 6.07 Å². The second kappa shape index (κ2) is 6.65. The molecule has 6 nitrogen and oxygen atoms in total. The van der Waals surface area contributed by atoms with Crippen LogP contribution in [0.25, 0.3) is 0 Å². The van der Waals surface area contributed by atoms with Crippen molar-refractivity contribution in [3.8, 4) is 0 Å². The van der Waals surface area contributed by atoms with E-state index in [-0.39, 0.29) is 11.7 Å². The van der Waals surface area contributed by atoms with E-state index in [1.165, 1.54) is 0 Å². The van der Waals surface area contributed by atoms with Gasteiger partial charge < -0.3 is 15.7 Å². The van der Waals surface area contributed by atoms with Crippen LogP contribution in [0, 0.1) is 0 Å². The first-order valence-corrected chi connectivity index (χ1v) is 7.22. The van der Waals surface area contributed by atoms with E-state index in [0.717, 1.165) is 51.0 Å². The fourth-order valence-electron chi connectivity index (χ4n) is 2.33. The van der Waals surface area contributed by atoms with Crippen molar-refractivity contribution in [1.29, 1.82) is 0 Å². The van der Waals surface area contributed by atoms with Crippen LogP contribution >= 0.6 is 0 Å². The lowest BCUT2D eigenvalue weighted by Gasteiger charge is -2.31. The first-order valence-electron chi connectivity index (χ1n) is 7.22. The number of hydrogen-bond acceptors (Lipinski definition) is 5. The van der Waals surface area contributed by atoms with Crippen molar-refractivity contribution in [2.24, 2.45) is 5.73 Å². The van der Waals surface area contributed by atoms with E-state index in [1.807, 2.05) is 0 Å². The Morgan fingerprint density at radius 2 is 2.15 bits per heavy atom. The summed E-state index contributed by atoms with van der Waals surface area (Å²) in [5, 5.41) is 9.17. The van der Waals surface area contributed by atoms with Crippen molar-refractivity contribution in [3.05, 3.63) is 17.6 Å². The van der Waals surface area contributed by atoms with Gasteiger partial charge in [-0.15, -0.1) is 0 Å². The number of anilines is 1. The minimum absolute atomic E-state index is 0.0796. The molecule has 20 heavy (non-hydrogen) atoms. The summed E-state index contributed by atoms with van der Waals surface area (Å²) >= 11 is 0. The Labute approximate surface area is 119 Å². The Kier molecular flexibility index (Phi) is 4.89. The van der Waals surface area contributed by atoms with Gasteiger partial charge in [-0.3, -0.25) is 0 Å². The monoisotopic (exact) mass is 278 g/mol. The molecule has 110 valence electrons. The van der Waals surface area contributed by atoms with Crippen molar-refractivity contribution in [2.75, 3.05) is 18.0 Å². The number of carboxylic acids is 1. The van der Waals surface area contributed by atoms with Crippen LogP contribution in [-0.4, -0.2) is 40.2 Å². The number of aryl methyl sites for hydroxylation is 1. The van der Waals surface area contributed by atoms with Gasteiger partial charge in [0.25, 0.3) is 0 Å². The zero-order chi connectivity index (χ0) is 14.5. The van der Waals surface area contributed by atoms with Gasteiger partial charge in [0.05, 0.1) is 0 Å². The summed E-state index contributed by atoms with van der Waals surface area (Å²) in [6.45, 7) is 3.74. The normalized spacial score (nSPS) is 16.4. The van der Waals surface area contributed by atoms with E-state index < -0.39 is 5.97 Å². The molecule has 0 saturated carbocycles. The number of carboxylic acid groups (broad SMARTS) is 1. The lowest BCUT2D eigenvalue weighted by Crippen LogP contribution is -2.40. The van der Waals surface area contributed by atoms with Crippen LogP contribution in [0.4, 0.5) is 5.82 Å². The van der Waals surface area contributed by atoms with Crippen molar-refractivity contribution in [3.63, 3.8) is 0 Å². The molecular formula is C14H22N4O2. The summed E-state index contributed by atoms with van der Waals surface area (Å²) in [4.78, 5) is 21.9. The molecule has 1 aromatic heterocycles. The number of aromatic carboxylic acids is 1. The molecule has 0 amide bonds. The summed E-state index contributed by atoms with van der Waals surface area (Å²) in [6, 6.07) is 1.81. The summed E-state index contributed by atoms with van der Waals surface area (Å²) in [5.41, 5.74) is 5.97. The van der Waals surface area contributed by atoms with E-state index in [0.29, 0.717) is 5.82 Å². The number of rotatable bonds is 5. The van der Waals surface area contributed by atoms with Crippen molar-refractivity contribution < 1.29 is 9.90 Å². The number of piperidine rings is 1. The van der Waals surface area contributed by atoms with Gasteiger partial charge in [0.1, 0.15) is 11.6 Å². The molecule has 0 atom stereocenters. The standard InChI is InChI=1S/C14H22N4O2/c1-2-3-4-12-16-11(14(19)20)9-13(17-12)18-7-5-10(15)6-8-18/h9-10H,2-8,15H2,1H3,(H,19,20). The largest absolute Gasteiger partial charge is 0.477 e. The van der Waals surface area contributed by atoms with E-state index in [2.05, 4.69) is 21.8 Å². The third-order valence-electron chi connectivity index (χ3n) is 3.60. The van der Waals surface area contributed by atoms with Gasteiger partial charge in [0.2, 0.25) is 0 Å². The van der Waals surface area contributed by atoms with Gasteiger partial charge in [0, 0.05) is 31.6 Å². The number of carbonyl (C=O) groups is 1. The van der Waals surface area contributed by atoms with Crippen molar-refractivity contribution in [2.45, 2.75) is 45.1 Å². The summed E-state index contributed by atoms with van der Waals surface area (Å²) in [5.74, 6) is 0.340. The third kappa shape index (κ3) is 3.66. The molecule has 1 fully saturated rings. The minimum Gasteiger partial charge on any atom is -0.477 e. The zero-order valence-corrected chi connectivity index (χ0v) is 11.9. The summed E-state index contributed by atoms with van der Waals surface area (Å²) < 4.78 is 0. The predicted octanol–water partition coefficient (Wildman–Crippen LogP) is 1.44. The van der Waals surface area contributed by atoms with Crippen LogP contribution in [0.3, 0.4) is 0 Å². The molecule has 3 N–H and O–H groups in total. The third-order valence-corrected chi connectivity index (χ3v) is 3.60. The lowest BCUT2D eigenvalue weighted by atomic mass is 10.1. The second-order valence-electron chi connectivity index (χ2n) is 5.26. The molecule has 0 aromatic carbocycles. The molecule has 1 aromatic rings. The molecule has 1 aliphatic heterocycles. The number of hydrogen-bond donors (Lipinski definition) is 2. The molecule has 0 unspecified atom stereocenters. The molecule has 1 saturated heterocycles. The minimum atomic E-state index is -1.000. The quantitative estimate of drug-likeness (QED) is 0.846. The molecule has 0 aliphatic carbocycles. The Bertz CT molecular complexity index is 470. The smallest absolute Gasteiger partial charge is 0.354 e. The first kappa shape index (κ1) is 14.7. The van der Waals surface area contributed by atoms with Gasteiger partial charge in [-0.25, -0.2) is 14.8 Å². The highest BCUT2D eigenvalue weighted by Gasteiger charge is 2.19. The van der Waals surface area contributed by atoms with Crippen molar-refractivity contribution in [1.82, 2.24) is 9.97 Å². The van der Waals surface area contributed by atoms with E-state index in [9.17, 15) is 9.90 Å². The molecule has 0 spiro atoms. The molecule has 2 heterocycles. The molecular weight excluding hydrogens is 256 g/mol. The highest BCUT2D eigenvalue weighted by molar-refractivity contribution is 5.86. The predicted molar refractivity (Wildman–Crippen MR) is 77.0 cm³/mol. The second-order valence-corrected chi connectivity index (χ2v) is 5.26. The number of nitrogens with zero attached hydrogens (tertiary/aromatic N) is 3. The van der Waals surface area contributed by atoms with E-state index in [4.69, 9.17) is 5.73 Å². The molecule has 0 bridgehead atoms. The van der Waals surface area contributed by atoms with Crippen LogP contribution in [-0.2, 0) is 6.42 Å². The number of nitrogens with two attached hydrogens (primary N) is 1. The highest BCUT2D eigenvalue weighted by atomic mass is 16.4. The maximum Gasteiger partial charge on any atom is 0.354 e. The Hall–Kier alpha value is -1.69. The summed E-state index contributed by atoms with van der Waals surface area (Å²) in [6.07, 6.45) is 4.55. The average molecular weight is 278 g/mol. The van der Waals surface area contributed by atoms with Gasteiger partial charge in [-0.2, -0.15) is 0 Å². The fourth-order valence-corrected chi connectivity index (χ4v) is 2.33. The SMILES string of the molecule is CCCCc1nc(C(=O)O)cc(N2CCC(N)CC2)n1. The maximum absolute atomic E-state index is 11.2. The van der Waals surface area contributed by atoms with Crippen LogP contribution in [0.15, 0.2) is 6.07 Å². The Morgan fingerprint density at radius 3 is 2.75 bits per heavy atom. The molecule has 1 aliphatic rings. The van der Waals surface area contributed by atoms with Gasteiger partial charge in [0.15, 0.2) is 5.69 Å². The Balaban J connectivity index is 2.22. The molecule has 2 rings (SSSR count). The fraction of sp³-hybridized carbons (Fsp3) is 0.643. The number of unbranched alkanes of at least 4 members (excludes halogenated alkanes) is 1. The Morgan fingerprint density at radius 1 is 1.45 bits per heavy atom. The van der Waals surface area contributed by atoms with E-state index >= 15 is 0 Å². The maximum atomic E-state index is 11.2. The van der Waals surface area contributed by atoms with Crippen LogP contribution in [0.5, 0.6) is 0 Å². The zero-order valence-electron chi connectivity index (χ0n) is 11.9. The van der Waals surface area contributed by atoms with Crippen LogP contribution in [0.2, 0.25) is 0 Å². The summed E-state index contributed by atoms with van der Waals surface area (Å²) in [7, 11) is 0. The van der Waals surface area contributed by atoms with Gasteiger partial charge in [-0.05, 0) is 19.3 Å². The topological polar surface area (TPSA) is 92.3 Å². The van der Waals surface area contributed by atoms with Crippen molar-refractivity contribution >= 4 is 11.8 Å². The van der Waals surface area contributed by atoms with Gasteiger partial charge in [-0.1, -0.05) is 13.3 Å². The van der Waals surface area contributed by atoms with Gasteiger partial charge >= 0.3 is 5.97 Å². The van der Waals surface area contributed by atoms with Crippen LogP contribution < -0.4 is 10.6 Å². The average Bonchev–Trinajstić information content (AvgIpc) is 2.45. The highest BCUT2D eigenvalue weighted by Crippen LogP contribution is 2.19. The number of aromatic nitrogens is 2. The van der Waals surface area contributed by atoms with Crippen LogP contribution in [0.1, 0.15) is 48.9 Å². The first-order chi connectivity index (χ1) is 9.60. The lowest BCUT2D eigenvalue weighted by molar-refractivity contribution is 0.0690.